The number of fused-ring (bicyclic) bond motifs is 1. The Morgan fingerprint density at radius 3 is 2.81 bits per heavy atom. The van der Waals surface area contributed by atoms with Crippen LogP contribution in [0.1, 0.15) is 47.2 Å². The van der Waals surface area contributed by atoms with Crippen LogP contribution in [0.5, 0.6) is 0 Å². The van der Waals surface area contributed by atoms with Crippen LogP contribution in [0.15, 0.2) is 18.2 Å². The van der Waals surface area contributed by atoms with Crippen LogP contribution in [-0.4, -0.2) is 52.7 Å². The number of nitrogens with two attached hydrogens (primary N) is 1. The highest BCUT2D eigenvalue weighted by atomic mass is 16.2. The zero-order chi connectivity index (χ0) is 18.3. The van der Waals surface area contributed by atoms with Gasteiger partial charge in [0.2, 0.25) is 11.8 Å². The van der Waals surface area contributed by atoms with Crippen molar-refractivity contribution in [1.29, 1.82) is 0 Å². The highest BCUT2D eigenvalue weighted by molar-refractivity contribution is 6.05. The van der Waals surface area contributed by atoms with Gasteiger partial charge in [0.15, 0.2) is 0 Å². The number of amides is 3. The molecule has 0 spiro atoms. The van der Waals surface area contributed by atoms with Gasteiger partial charge in [0, 0.05) is 37.7 Å². The molecule has 4 rings (SSSR count). The smallest absolute Gasteiger partial charge is 0.255 e. The topological polar surface area (TPSA) is 95.7 Å². The first-order chi connectivity index (χ1) is 12.5. The lowest BCUT2D eigenvalue weighted by Crippen LogP contribution is -2.52. The van der Waals surface area contributed by atoms with Gasteiger partial charge in [-0.2, -0.15) is 0 Å². The summed E-state index contributed by atoms with van der Waals surface area (Å²) in [5, 5.41) is 2.33. The average Bonchev–Trinajstić information content (AvgIpc) is 2.92. The number of benzene rings is 1. The number of nitrogens with zero attached hydrogens (tertiary/aromatic N) is 2. The fourth-order valence-corrected chi connectivity index (χ4v) is 4.19. The molecule has 0 saturated carbocycles. The van der Waals surface area contributed by atoms with Crippen molar-refractivity contribution in [2.45, 2.75) is 50.9 Å². The lowest BCUT2D eigenvalue weighted by Gasteiger charge is -2.30. The van der Waals surface area contributed by atoms with E-state index < -0.39 is 6.04 Å². The van der Waals surface area contributed by atoms with Gasteiger partial charge in [0.25, 0.3) is 5.91 Å². The molecule has 1 aromatic rings. The van der Waals surface area contributed by atoms with E-state index in [0.717, 1.165) is 43.6 Å². The van der Waals surface area contributed by atoms with E-state index in [2.05, 4.69) is 16.3 Å². The van der Waals surface area contributed by atoms with Crippen molar-refractivity contribution in [2.75, 3.05) is 13.1 Å². The number of carbonyl (C=O) groups excluding carboxylic acids is 3. The van der Waals surface area contributed by atoms with Crippen molar-refractivity contribution in [1.82, 2.24) is 15.1 Å². The molecule has 138 valence electrons. The lowest BCUT2D eigenvalue weighted by molar-refractivity contribution is -0.136. The maximum atomic E-state index is 12.8. The molecule has 3 N–H and O–H groups in total. The Labute approximate surface area is 152 Å². The predicted octanol–water partition coefficient (Wildman–Crippen LogP) is 0.371. The molecule has 1 aromatic carbocycles. The molecule has 0 aromatic heterocycles. The van der Waals surface area contributed by atoms with Crippen molar-refractivity contribution in [3.63, 3.8) is 0 Å². The largest absolute Gasteiger partial charge is 0.327 e. The monoisotopic (exact) mass is 356 g/mol. The quantitative estimate of drug-likeness (QED) is 0.763. The van der Waals surface area contributed by atoms with Gasteiger partial charge < -0.3 is 10.6 Å². The Balaban J connectivity index is 1.48. The van der Waals surface area contributed by atoms with Crippen LogP contribution in [0.25, 0.3) is 0 Å². The Morgan fingerprint density at radius 2 is 2.04 bits per heavy atom. The van der Waals surface area contributed by atoms with Crippen LogP contribution in [0.3, 0.4) is 0 Å². The number of carbonyl (C=O) groups is 3. The summed E-state index contributed by atoms with van der Waals surface area (Å²) in [7, 11) is 0. The SMILES string of the molecule is N[C@@H]1CCCN(Cc2ccc3c(c2)C(=O)N(C2CCC(=O)NC2=O)C3)C1. The maximum absolute atomic E-state index is 12.8. The number of likely N-dealkylation sites (tertiary alicyclic amines) is 1. The molecule has 26 heavy (non-hydrogen) atoms. The summed E-state index contributed by atoms with van der Waals surface area (Å²) in [6, 6.07) is 5.65. The van der Waals surface area contributed by atoms with Gasteiger partial charge in [0.1, 0.15) is 6.04 Å². The second-order valence-electron chi connectivity index (χ2n) is 7.53. The fourth-order valence-electron chi connectivity index (χ4n) is 4.19. The average molecular weight is 356 g/mol. The summed E-state index contributed by atoms with van der Waals surface area (Å²) < 4.78 is 0. The maximum Gasteiger partial charge on any atom is 0.255 e. The summed E-state index contributed by atoms with van der Waals surface area (Å²) in [5.74, 6) is -0.755. The molecule has 3 aliphatic heterocycles. The molecule has 0 bridgehead atoms. The molecule has 0 aliphatic carbocycles. The number of rotatable bonds is 3. The number of nitrogens with one attached hydrogen (secondary N) is 1. The number of piperidine rings is 2. The van der Waals surface area contributed by atoms with E-state index in [9.17, 15) is 14.4 Å². The Bertz CT molecular complexity index is 763. The molecule has 3 aliphatic rings. The number of hydrogen-bond donors (Lipinski definition) is 2. The minimum absolute atomic E-state index is 0.119. The molecular weight excluding hydrogens is 332 g/mol. The van der Waals surface area contributed by atoms with E-state index in [4.69, 9.17) is 5.73 Å². The first-order valence-corrected chi connectivity index (χ1v) is 9.25. The van der Waals surface area contributed by atoms with Gasteiger partial charge in [0.05, 0.1) is 0 Å². The first-order valence-electron chi connectivity index (χ1n) is 9.25. The highest BCUT2D eigenvalue weighted by Gasteiger charge is 2.39. The molecule has 2 saturated heterocycles. The normalized spacial score (nSPS) is 26.8. The zero-order valence-corrected chi connectivity index (χ0v) is 14.7. The van der Waals surface area contributed by atoms with Crippen LogP contribution in [0.4, 0.5) is 0 Å². The van der Waals surface area contributed by atoms with E-state index in [1.807, 2.05) is 12.1 Å². The Hall–Kier alpha value is -2.25. The van der Waals surface area contributed by atoms with Crippen molar-refractivity contribution in [3.8, 4) is 0 Å². The van der Waals surface area contributed by atoms with Gasteiger partial charge in [-0.05, 0) is 43.0 Å². The molecular formula is C19H24N4O3. The fraction of sp³-hybridized carbons (Fsp3) is 0.526. The molecule has 2 atom stereocenters. The Morgan fingerprint density at radius 1 is 1.19 bits per heavy atom. The minimum Gasteiger partial charge on any atom is -0.327 e. The second-order valence-corrected chi connectivity index (χ2v) is 7.53. The van der Waals surface area contributed by atoms with Crippen LogP contribution >= 0.6 is 0 Å². The van der Waals surface area contributed by atoms with E-state index in [-0.39, 0.29) is 30.2 Å². The summed E-state index contributed by atoms with van der Waals surface area (Å²) in [4.78, 5) is 40.2. The van der Waals surface area contributed by atoms with Crippen molar-refractivity contribution >= 4 is 17.7 Å². The third-order valence-corrected chi connectivity index (χ3v) is 5.54. The highest BCUT2D eigenvalue weighted by Crippen LogP contribution is 2.28. The zero-order valence-electron chi connectivity index (χ0n) is 14.7. The molecule has 7 heteroatoms. The predicted molar refractivity (Wildman–Crippen MR) is 95.0 cm³/mol. The summed E-state index contributed by atoms with van der Waals surface area (Å²) in [6.07, 6.45) is 2.84. The van der Waals surface area contributed by atoms with Crippen LogP contribution < -0.4 is 11.1 Å². The standard InChI is InChI=1S/C19H24N4O3/c20-14-2-1-7-22(11-14)9-12-3-4-13-10-23(19(26)15(13)8-12)16-5-6-17(24)21-18(16)25/h3-4,8,14,16H,1-2,5-7,9-11,20H2,(H,21,24,25)/t14-,16?/m1/s1. The van der Waals surface area contributed by atoms with E-state index >= 15 is 0 Å². The van der Waals surface area contributed by atoms with Crippen molar-refractivity contribution in [2.24, 2.45) is 5.73 Å². The van der Waals surface area contributed by atoms with Crippen LogP contribution in [0.2, 0.25) is 0 Å². The lowest BCUT2D eigenvalue weighted by atomic mass is 10.0. The number of hydrogen-bond acceptors (Lipinski definition) is 5. The van der Waals surface area contributed by atoms with Gasteiger partial charge in [-0.3, -0.25) is 24.6 Å². The molecule has 3 heterocycles. The van der Waals surface area contributed by atoms with E-state index in [1.165, 1.54) is 0 Å². The van der Waals surface area contributed by atoms with Gasteiger partial charge in [-0.1, -0.05) is 12.1 Å². The molecule has 0 radical (unpaired) electrons. The second kappa shape index (κ2) is 6.81. The summed E-state index contributed by atoms with van der Waals surface area (Å²) >= 11 is 0. The van der Waals surface area contributed by atoms with Gasteiger partial charge in [-0.15, -0.1) is 0 Å². The summed E-state index contributed by atoms with van der Waals surface area (Å²) in [5.41, 5.74) is 8.76. The molecule has 1 unspecified atom stereocenters. The molecule has 7 nitrogen and oxygen atoms in total. The van der Waals surface area contributed by atoms with Crippen molar-refractivity contribution in [3.05, 3.63) is 34.9 Å². The third kappa shape index (κ3) is 3.24. The third-order valence-electron chi connectivity index (χ3n) is 5.54. The summed E-state index contributed by atoms with van der Waals surface area (Å²) in [6.45, 7) is 3.12. The van der Waals surface area contributed by atoms with Crippen LogP contribution in [-0.2, 0) is 22.7 Å². The van der Waals surface area contributed by atoms with Crippen LogP contribution in [0, 0.1) is 0 Å². The van der Waals surface area contributed by atoms with Gasteiger partial charge >= 0.3 is 0 Å². The van der Waals surface area contributed by atoms with E-state index in [0.29, 0.717) is 18.5 Å². The van der Waals surface area contributed by atoms with Gasteiger partial charge in [-0.25, -0.2) is 0 Å². The minimum atomic E-state index is -0.559. The molecule has 2 fully saturated rings. The van der Waals surface area contributed by atoms with E-state index in [1.54, 1.807) is 4.90 Å². The molecule has 3 amide bonds. The Kier molecular flexibility index (Phi) is 4.50. The van der Waals surface area contributed by atoms with Crippen molar-refractivity contribution < 1.29 is 14.4 Å². The number of imide groups is 1. The first kappa shape index (κ1) is 17.2.